The lowest BCUT2D eigenvalue weighted by Crippen LogP contribution is -2.41. The highest BCUT2D eigenvalue weighted by Crippen LogP contribution is 2.44. The Bertz CT molecular complexity index is 947. The molecule has 2 amide bonds. The number of nitrogens with one attached hydrogen (secondary N) is 2. The third-order valence-corrected chi connectivity index (χ3v) is 5.68. The molecule has 0 fully saturated rings. The number of benzene rings is 2. The fourth-order valence-corrected chi connectivity index (χ4v) is 4.18. The summed E-state index contributed by atoms with van der Waals surface area (Å²) in [5, 5.41) is 23.5. The summed E-state index contributed by atoms with van der Waals surface area (Å²) in [6.07, 6.45) is -0.854. The number of ether oxygens (including phenoxy) is 1. The van der Waals surface area contributed by atoms with Gasteiger partial charge in [-0.05, 0) is 28.7 Å². The molecule has 0 aliphatic heterocycles. The average molecular weight is 455 g/mol. The fourth-order valence-electron chi connectivity index (χ4n) is 4.18. The van der Waals surface area contributed by atoms with Crippen LogP contribution in [0.5, 0.6) is 0 Å². The maximum atomic E-state index is 12.5. The number of carboxylic acids is 1. The van der Waals surface area contributed by atoms with Gasteiger partial charge in [-0.2, -0.15) is 0 Å². The second-order valence-electron chi connectivity index (χ2n) is 8.22. The zero-order chi connectivity index (χ0) is 23.8. The summed E-state index contributed by atoms with van der Waals surface area (Å²) in [6.45, 7) is 1.97. The monoisotopic (exact) mass is 454 g/mol. The highest BCUT2D eigenvalue weighted by molar-refractivity contribution is 5.79. The SMILES string of the molecule is CCCC(CC(=O)NCC(O)CC(=O)O)NC(=O)OCC1c2ccccc2-c2ccccc21. The van der Waals surface area contributed by atoms with Gasteiger partial charge in [0.25, 0.3) is 0 Å². The number of hydrogen-bond donors (Lipinski definition) is 4. The van der Waals surface area contributed by atoms with Crippen LogP contribution in [0.25, 0.3) is 11.1 Å². The maximum Gasteiger partial charge on any atom is 0.407 e. The standard InChI is InChI=1S/C25H30N2O6/c1-2-7-16(12-23(29)26-14-17(28)13-24(30)31)27-25(32)33-15-22-20-10-5-3-8-18(20)19-9-4-6-11-21(19)22/h3-6,8-11,16-17,22,28H,2,7,12-15H2,1H3,(H,26,29)(H,27,32)(H,30,31). The number of hydrogen-bond acceptors (Lipinski definition) is 5. The zero-order valence-corrected chi connectivity index (χ0v) is 18.6. The van der Waals surface area contributed by atoms with E-state index in [-0.39, 0.29) is 31.4 Å². The molecule has 0 saturated carbocycles. The number of aliphatic carboxylic acids is 1. The first-order valence-electron chi connectivity index (χ1n) is 11.2. The molecule has 0 aromatic heterocycles. The lowest BCUT2D eigenvalue weighted by atomic mass is 9.98. The summed E-state index contributed by atoms with van der Waals surface area (Å²) in [5.41, 5.74) is 4.53. The molecular weight excluding hydrogens is 424 g/mol. The summed E-state index contributed by atoms with van der Waals surface area (Å²) in [5.74, 6) is -1.57. The first-order chi connectivity index (χ1) is 15.9. The Balaban J connectivity index is 1.53. The van der Waals surface area contributed by atoms with Gasteiger partial charge in [0.15, 0.2) is 0 Å². The topological polar surface area (TPSA) is 125 Å². The lowest BCUT2D eigenvalue weighted by molar-refractivity contribution is -0.139. The molecular formula is C25H30N2O6. The van der Waals surface area contributed by atoms with Crippen LogP contribution < -0.4 is 10.6 Å². The van der Waals surface area contributed by atoms with Crippen molar-refractivity contribution in [3.05, 3.63) is 59.7 Å². The van der Waals surface area contributed by atoms with E-state index < -0.39 is 30.6 Å². The van der Waals surface area contributed by atoms with Gasteiger partial charge in [-0.15, -0.1) is 0 Å². The predicted octanol–water partition coefficient (Wildman–Crippen LogP) is 3.04. The molecule has 8 heteroatoms. The Labute approximate surface area is 193 Å². The first-order valence-corrected chi connectivity index (χ1v) is 11.2. The number of carbonyl (C=O) groups is 3. The van der Waals surface area contributed by atoms with Gasteiger partial charge in [-0.25, -0.2) is 4.79 Å². The number of aliphatic hydroxyl groups excluding tert-OH is 1. The van der Waals surface area contributed by atoms with Crippen LogP contribution in [0.1, 0.15) is 49.7 Å². The number of amides is 2. The Morgan fingerprint density at radius 1 is 1.00 bits per heavy atom. The van der Waals surface area contributed by atoms with Crippen molar-refractivity contribution >= 4 is 18.0 Å². The van der Waals surface area contributed by atoms with Crippen LogP contribution in [-0.2, 0) is 14.3 Å². The van der Waals surface area contributed by atoms with Gasteiger partial charge < -0.3 is 25.6 Å². The van der Waals surface area contributed by atoms with E-state index in [4.69, 9.17) is 9.84 Å². The number of aliphatic hydroxyl groups is 1. The summed E-state index contributed by atoms with van der Waals surface area (Å²) in [4.78, 5) is 35.3. The van der Waals surface area contributed by atoms with Crippen molar-refractivity contribution in [1.29, 1.82) is 0 Å². The molecule has 8 nitrogen and oxygen atoms in total. The van der Waals surface area contributed by atoms with Crippen LogP contribution in [0, 0.1) is 0 Å². The van der Waals surface area contributed by atoms with E-state index in [1.165, 1.54) is 0 Å². The second-order valence-corrected chi connectivity index (χ2v) is 8.22. The first kappa shape index (κ1) is 24.3. The van der Waals surface area contributed by atoms with Crippen LogP contribution in [0.15, 0.2) is 48.5 Å². The van der Waals surface area contributed by atoms with E-state index >= 15 is 0 Å². The smallest absolute Gasteiger partial charge is 0.407 e. The molecule has 1 aliphatic carbocycles. The molecule has 176 valence electrons. The Morgan fingerprint density at radius 2 is 1.61 bits per heavy atom. The molecule has 33 heavy (non-hydrogen) atoms. The van der Waals surface area contributed by atoms with Crippen molar-refractivity contribution in [3.8, 4) is 11.1 Å². The molecule has 0 spiro atoms. The van der Waals surface area contributed by atoms with E-state index in [1.807, 2.05) is 43.3 Å². The predicted molar refractivity (Wildman–Crippen MR) is 123 cm³/mol. The number of carboxylic acid groups (broad SMARTS) is 1. The normalized spacial score (nSPS) is 14.0. The van der Waals surface area contributed by atoms with Crippen LogP contribution in [0.4, 0.5) is 4.79 Å². The lowest BCUT2D eigenvalue weighted by Gasteiger charge is -2.20. The van der Waals surface area contributed by atoms with Crippen LogP contribution >= 0.6 is 0 Å². The minimum atomic E-state index is -1.16. The summed E-state index contributed by atoms with van der Waals surface area (Å²) < 4.78 is 5.55. The fraction of sp³-hybridized carbons (Fsp3) is 0.400. The Morgan fingerprint density at radius 3 is 2.18 bits per heavy atom. The Kier molecular flexibility index (Phi) is 8.43. The van der Waals surface area contributed by atoms with Gasteiger partial charge in [0, 0.05) is 24.9 Å². The molecule has 3 rings (SSSR count). The second kappa shape index (κ2) is 11.5. The van der Waals surface area contributed by atoms with E-state index in [0.29, 0.717) is 6.42 Å². The molecule has 0 bridgehead atoms. The van der Waals surface area contributed by atoms with Crippen LogP contribution in [0.3, 0.4) is 0 Å². The van der Waals surface area contributed by atoms with Crippen LogP contribution in [-0.4, -0.2) is 53.5 Å². The maximum absolute atomic E-state index is 12.5. The third-order valence-electron chi connectivity index (χ3n) is 5.68. The van der Waals surface area contributed by atoms with Gasteiger partial charge in [-0.1, -0.05) is 61.9 Å². The molecule has 2 aromatic rings. The number of carbonyl (C=O) groups excluding carboxylic acids is 2. The average Bonchev–Trinajstić information content (AvgIpc) is 3.10. The minimum Gasteiger partial charge on any atom is -0.481 e. The highest BCUT2D eigenvalue weighted by atomic mass is 16.5. The molecule has 2 unspecified atom stereocenters. The van der Waals surface area contributed by atoms with Crippen molar-refractivity contribution in [2.24, 2.45) is 0 Å². The zero-order valence-electron chi connectivity index (χ0n) is 18.6. The van der Waals surface area contributed by atoms with Crippen molar-refractivity contribution in [3.63, 3.8) is 0 Å². The minimum absolute atomic E-state index is 0.0117. The van der Waals surface area contributed by atoms with Gasteiger partial charge >= 0.3 is 12.1 Å². The molecule has 0 saturated heterocycles. The van der Waals surface area contributed by atoms with E-state index in [2.05, 4.69) is 22.8 Å². The molecule has 2 aromatic carbocycles. The Hall–Kier alpha value is -3.39. The van der Waals surface area contributed by atoms with Crippen molar-refractivity contribution < 1.29 is 29.3 Å². The van der Waals surface area contributed by atoms with Gasteiger partial charge in [0.1, 0.15) is 6.61 Å². The summed E-state index contributed by atoms with van der Waals surface area (Å²) in [7, 11) is 0. The largest absolute Gasteiger partial charge is 0.481 e. The van der Waals surface area contributed by atoms with E-state index in [9.17, 15) is 19.5 Å². The molecule has 2 atom stereocenters. The third kappa shape index (κ3) is 6.55. The number of rotatable bonds is 11. The van der Waals surface area contributed by atoms with E-state index in [1.54, 1.807) is 0 Å². The summed E-state index contributed by atoms with van der Waals surface area (Å²) >= 11 is 0. The highest BCUT2D eigenvalue weighted by Gasteiger charge is 2.29. The van der Waals surface area contributed by atoms with E-state index in [0.717, 1.165) is 28.7 Å². The van der Waals surface area contributed by atoms with Gasteiger partial charge in [0.05, 0.1) is 12.5 Å². The quantitative estimate of drug-likeness (QED) is 0.414. The molecule has 0 heterocycles. The van der Waals surface area contributed by atoms with Crippen molar-refractivity contribution in [1.82, 2.24) is 10.6 Å². The van der Waals surface area contributed by atoms with Gasteiger partial charge in [0.2, 0.25) is 5.91 Å². The van der Waals surface area contributed by atoms with Gasteiger partial charge in [-0.3, -0.25) is 9.59 Å². The van der Waals surface area contributed by atoms with Crippen LogP contribution in [0.2, 0.25) is 0 Å². The number of alkyl carbamates (subject to hydrolysis) is 1. The molecule has 4 N–H and O–H groups in total. The summed E-state index contributed by atoms with van der Waals surface area (Å²) in [6, 6.07) is 15.7. The number of fused-ring (bicyclic) bond motifs is 3. The van der Waals surface area contributed by atoms with Crippen molar-refractivity contribution in [2.45, 2.75) is 50.7 Å². The van der Waals surface area contributed by atoms with Crippen molar-refractivity contribution in [2.75, 3.05) is 13.2 Å². The molecule has 0 radical (unpaired) electrons. The molecule has 1 aliphatic rings.